The molecule has 0 radical (unpaired) electrons. The molecule has 5 heteroatoms. The lowest BCUT2D eigenvalue weighted by Gasteiger charge is -1.72. The average molecular weight is 128 g/mol. The molecule has 0 amide bonds. The molecule has 0 aliphatic carbocycles. The largest absolute Gasteiger partial charge is 0.341 e. The molecule has 1 aromatic heterocycles. The molecule has 0 atom stereocenters. The van der Waals surface area contributed by atoms with Gasteiger partial charge in [0.2, 0.25) is 5.82 Å². The van der Waals surface area contributed by atoms with Crippen LogP contribution in [0.15, 0.2) is 23.4 Å². The van der Waals surface area contributed by atoms with Crippen molar-refractivity contribution in [2.45, 2.75) is 0 Å². The summed E-state index contributed by atoms with van der Waals surface area (Å²) in [7, 11) is 0. The Hall–Kier alpha value is -1.52. The van der Waals surface area contributed by atoms with Gasteiger partial charge in [-0.2, -0.15) is 0 Å². The Morgan fingerprint density at radius 3 is 2.78 bits per heavy atom. The maximum absolute atomic E-state index is 8.13. The molecule has 0 spiro atoms. The highest BCUT2D eigenvalue weighted by Gasteiger charge is 1.96. The Kier molecular flexibility index (Phi) is 1.35. The van der Waals surface area contributed by atoms with Crippen molar-refractivity contribution in [3.63, 3.8) is 0 Å². The fourth-order valence-corrected chi connectivity index (χ4v) is 0.479. The monoisotopic (exact) mass is 128 g/mol. The summed E-state index contributed by atoms with van der Waals surface area (Å²) in [6.45, 7) is 0. The van der Waals surface area contributed by atoms with Gasteiger partial charge in [-0.25, -0.2) is 10.4 Å². The molecule has 0 unspecified atom stereocenters. The first-order valence-corrected chi connectivity index (χ1v) is 2.32. The van der Waals surface area contributed by atoms with Gasteiger partial charge in [-0.1, -0.05) is 0 Å². The van der Waals surface area contributed by atoms with Crippen LogP contribution in [0, 0.1) is 0 Å². The van der Waals surface area contributed by atoms with Gasteiger partial charge in [0.1, 0.15) is 5.11 Å². The molecule has 48 valence electrons. The molecule has 0 aliphatic heterocycles. The fraction of sp³-hybridized carbons (Fsp3) is 0. The van der Waals surface area contributed by atoms with Crippen LogP contribution in [0.4, 0.5) is 5.82 Å². The zero-order valence-electron chi connectivity index (χ0n) is 4.52. The molecule has 0 saturated carbocycles. The van der Waals surface area contributed by atoms with E-state index in [9.17, 15) is 0 Å². The molecule has 5 nitrogen and oxygen atoms in total. The second-order valence-corrected chi connectivity index (χ2v) is 1.42. The number of aromatic nitrogens is 1. The third-order valence-corrected chi connectivity index (χ3v) is 0.779. The molecule has 0 bridgehead atoms. The fourth-order valence-electron chi connectivity index (χ4n) is 0.479. The van der Waals surface area contributed by atoms with Gasteiger partial charge in [0.05, 0.1) is 0 Å². The zero-order valence-corrected chi connectivity index (χ0v) is 4.52. The second-order valence-electron chi connectivity index (χ2n) is 1.42. The van der Waals surface area contributed by atoms with E-state index in [1.54, 1.807) is 18.3 Å². The number of aromatic amines is 1. The van der Waals surface area contributed by atoms with Gasteiger partial charge in [-0.3, -0.25) is 0 Å². The minimum absolute atomic E-state index is 0.244. The van der Waals surface area contributed by atoms with Crippen molar-refractivity contribution in [1.82, 2.24) is 4.98 Å². The van der Waals surface area contributed by atoms with Crippen LogP contribution in [0.2, 0.25) is 0 Å². The van der Waals surface area contributed by atoms with Crippen LogP contribution in [0.3, 0.4) is 0 Å². The number of nitrogens with one attached hydrogen (secondary N) is 1. The first-order chi connectivity index (χ1) is 4.29. The topological polar surface area (TPSA) is 71.6 Å². The molecule has 0 aliphatic rings. The zero-order chi connectivity index (χ0) is 6.69. The van der Waals surface area contributed by atoms with Crippen LogP contribution >= 0.6 is 0 Å². The molecule has 1 rings (SSSR count). The number of H-pyrrole nitrogens is 1. The maximum Gasteiger partial charge on any atom is 0.336 e. The first-order valence-electron chi connectivity index (χ1n) is 2.32. The van der Waals surface area contributed by atoms with Crippen molar-refractivity contribution in [2.24, 2.45) is 5.11 Å². The van der Waals surface area contributed by atoms with E-state index in [4.69, 9.17) is 10.4 Å². The summed E-state index contributed by atoms with van der Waals surface area (Å²) < 4.78 is 0. The quantitative estimate of drug-likeness (QED) is 0.388. The van der Waals surface area contributed by atoms with Gasteiger partial charge in [-0.05, 0) is 12.1 Å². The number of hydrogen-bond donors (Lipinski definition) is 3. The maximum atomic E-state index is 8.13. The Balaban J connectivity index is 2.80. The van der Waals surface area contributed by atoms with Crippen molar-refractivity contribution >= 4 is 5.82 Å². The van der Waals surface area contributed by atoms with Gasteiger partial charge < -0.3 is 4.98 Å². The van der Waals surface area contributed by atoms with Crippen molar-refractivity contribution in [3.8, 4) is 0 Å². The van der Waals surface area contributed by atoms with E-state index in [0.717, 1.165) is 0 Å². The Labute approximate surface area is 50.8 Å². The lowest BCUT2D eigenvalue weighted by atomic mass is 10.6. The molecule has 1 heterocycles. The lowest BCUT2D eigenvalue weighted by molar-refractivity contribution is -0.994. The van der Waals surface area contributed by atoms with Crippen molar-refractivity contribution in [3.05, 3.63) is 18.3 Å². The minimum Gasteiger partial charge on any atom is -0.341 e. The summed E-state index contributed by atoms with van der Waals surface area (Å²) in [5, 5.41) is 19.2. The van der Waals surface area contributed by atoms with E-state index in [0.29, 0.717) is 5.82 Å². The summed E-state index contributed by atoms with van der Waals surface area (Å²) in [6, 6.07) is 3.29. The standard InChI is InChI=1S/C4H5N3O2/c8-7(9)6-4-2-1-3-5-4/h1-3,8-9H/p+1. The van der Waals surface area contributed by atoms with E-state index in [1.165, 1.54) is 0 Å². The Morgan fingerprint density at radius 2 is 2.33 bits per heavy atom. The van der Waals surface area contributed by atoms with Gasteiger partial charge in [0.15, 0.2) is 0 Å². The Morgan fingerprint density at radius 1 is 1.56 bits per heavy atom. The predicted molar refractivity (Wildman–Crippen MR) is 26.7 cm³/mol. The molecular weight excluding hydrogens is 122 g/mol. The second kappa shape index (κ2) is 2.17. The molecule has 9 heavy (non-hydrogen) atoms. The van der Waals surface area contributed by atoms with Gasteiger partial charge in [-0.15, -0.1) is 0 Å². The third-order valence-electron chi connectivity index (χ3n) is 0.779. The summed E-state index contributed by atoms with van der Waals surface area (Å²) in [5.41, 5.74) is 0. The van der Waals surface area contributed by atoms with Crippen LogP contribution in [-0.2, 0) is 0 Å². The third kappa shape index (κ3) is 1.45. The van der Waals surface area contributed by atoms with Crippen molar-refractivity contribution in [1.29, 1.82) is 0 Å². The molecular formula is C4H6N3O2+. The highest BCUT2D eigenvalue weighted by atomic mass is 16.8. The van der Waals surface area contributed by atoms with Crippen LogP contribution in [0.5, 0.6) is 0 Å². The van der Waals surface area contributed by atoms with Crippen LogP contribution in [0.1, 0.15) is 0 Å². The predicted octanol–water partition coefficient (Wildman–Crippen LogP) is 0.889. The van der Waals surface area contributed by atoms with Crippen LogP contribution < -0.4 is 0 Å². The van der Waals surface area contributed by atoms with E-state index >= 15 is 0 Å². The number of nitrogens with zero attached hydrogens (tertiary/aromatic N) is 2. The van der Waals surface area contributed by atoms with E-state index in [-0.39, 0.29) is 5.02 Å². The van der Waals surface area contributed by atoms with E-state index in [2.05, 4.69) is 10.1 Å². The van der Waals surface area contributed by atoms with Crippen molar-refractivity contribution in [2.75, 3.05) is 0 Å². The number of hydrogen-bond acceptors (Lipinski definition) is 1. The summed E-state index contributed by atoms with van der Waals surface area (Å²) in [6.07, 6.45) is 1.63. The molecule has 1 aromatic rings. The Bertz CT molecular complexity index is 200. The summed E-state index contributed by atoms with van der Waals surface area (Å²) >= 11 is 0. The van der Waals surface area contributed by atoms with Crippen molar-refractivity contribution < 1.29 is 15.4 Å². The minimum atomic E-state index is -0.244. The highest BCUT2D eigenvalue weighted by Crippen LogP contribution is 2.04. The lowest BCUT2D eigenvalue weighted by Crippen LogP contribution is -1.91. The molecule has 0 fully saturated rings. The highest BCUT2D eigenvalue weighted by molar-refractivity contribution is 5.23. The number of rotatable bonds is 1. The summed E-state index contributed by atoms with van der Waals surface area (Å²) in [5.74, 6) is 0.389. The molecule has 3 N–H and O–H groups in total. The normalized spacial score (nSPS) is 8.89. The van der Waals surface area contributed by atoms with Gasteiger partial charge in [0.25, 0.3) is 0 Å². The smallest absolute Gasteiger partial charge is 0.336 e. The van der Waals surface area contributed by atoms with Gasteiger partial charge in [0, 0.05) is 6.20 Å². The van der Waals surface area contributed by atoms with E-state index in [1.807, 2.05) is 0 Å². The average Bonchev–Trinajstić information content (AvgIpc) is 2.15. The van der Waals surface area contributed by atoms with Crippen LogP contribution in [-0.4, -0.2) is 20.4 Å². The molecule has 0 saturated heterocycles. The SMILES string of the molecule is O[N+](O)=Nc1ccc[nH]1. The summed E-state index contributed by atoms with van der Waals surface area (Å²) in [4.78, 5) is 2.64. The molecule has 0 aromatic carbocycles. The van der Waals surface area contributed by atoms with E-state index < -0.39 is 0 Å². The first kappa shape index (κ1) is 5.61. The van der Waals surface area contributed by atoms with Gasteiger partial charge >= 0.3 is 5.02 Å². The van der Waals surface area contributed by atoms with Crippen LogP contribution in [0.25, 0.3) is 0 Å².